The van der Waals surface area contributed by atoms with E-state index in [0.717, 1.165) is 56.9 Å². The molecule has 2 heterocycles. The Kier molecular flexibility index (Phi) is 6.88. The number of hydrogen-bond donors (Lipinski definition) is 0. The van der Waals surface area contributed by atoms with Crippen LogP contribution in [-0.4, -0.2) is 9.13 Å². The maximum absolute atomic E-state index is 15.1. The van der Waals surface area contributed by atoms with E-state index in [1.165, 1.54) is 6.07 Å². The van der Waals surface area contributed by atoms with E-state index < -0.39 is 23.5 Å². The molecule has 6 aromatic carbocycles. The average Bonchev–Trinajstić information content (AvgIpc) is 3.58. The Morgan fingerprint density at radius 3 is 1.40 bits per heavy atom. The summed E-state index contributed by atoms with van der Waals surface area (Å²) in [6.07, 6.45) is -9.64. The number of halogens is 6. The van der Waals surface area contributed by atoms with E-state index in [9.17, 15) is 13.2 Å². The van der Waals surface area contributed by atoms with E-state index in [-0.39, 0.29) is 28.2 Å². The monoisotopic (exact) mass is 673 g/mol. The molecule has 0 fully saturated rings. The molecule has 246 valence electrons. The SMILES string of the molecule is [C-]#[N+]c1cc(-c2c(-n3c4ccccc4c4cc(C)ccc43)cc(C(F)(F)F)cc2-n2c3ccccc3c3cc(C)ccc32)cc(C(F)(F)F)c1. The van der Waals surface area contributed by atoms with Crippen molar-refractivity contribution in [3.05, 3.63) is 149 Å². The normalized spacial score (nSPS) is 12.4. The summed E-state index contributed by atoms with van der Waals surface area (Å²) in [4.78, 5) is 3.35. The van der Waals surface area contributed by atoms with Gasteiger partial charge in [-0.15, -0.1) is 0 Å². The number of aromatic nitrogens is 2. The van der Waals surface area contributed by atoms with Crippen LogP contribution in [0.5, 0.6) is 0 Å². The van der Waals surface area contributed by atoms with Crippen molar-refractivity contribution >= 4 is 49.3 Å². The molecule has 8 rings (SSSR count). The topological polar surface area (TPSA) is 14.2 Å². The van der Waals surface area contributed by atoms with Gasteiger partial charge < -0.3 is 9.13 Å². The molecular formula is C41H25F6N3. The van der Waals surface area contributed by atoms with E-state index in [1.54, 1.807) is 33.4 Å². The molecule has 0 N–H and O–H groups in total. The van der Waals surface area contributed by atoms with Gasteiger partial charge in [0.1, 0.15) is 0 Å². The van der Waals surface area contributed by atoms with Crippen molar-refractivity contribution in [2.24, 2.45) is 0 Å². The van der Waals surface area contributed by atoms with Crippen molar-refractivity contribution in [2.75, 3.05) is 0 Å². The van der Waals surface area contributed by atoms with Crippen molar-refractivity contribution in [3.63, 3.8) is 0 Å². The van der Waals surface area contributed by atoms with Gasteiger partial charge in [0.2, 0.25) is 0 Å². The number of hydrogen-bond acceptors (Lipinski definition) is 0. The van der Waals surface area contributed by atoms with Gasteiger partial charge >= 0.3 is 12.4 Å². The maximum atomic E-state index is 15.1. The molecule has 9 heteroatoms. The summed E-state index contributed by atoms with van der Waals surface area (Å²) in [5, 5.41) is 3.11. The molecular weight excluding hydrogens is 648 g/mol. The molecule has 0 bridgehead atoms. The minimum atomic E-state index is -4.82. The number of fused-ring (bicyclic) bond motifs is 6. The van der Waals surface area contributed by atoms with Gasteiger partial charge in [0, 0.05) is 32.7 Å². The predicted molar refractivity (Wildman–Crippen MR) is 186 cm³/mol. The number of aryl methyl sites for hydroxylation is 2. The summed E-state index contributed by atoms with van der Waals surface area (Å²) in [6, 6.07) is 30.7. The second kappa shape index (κ2) is 11.0. The van der Waals surface area contributed by atoms with Gasteiger partial charge in [0.25, 0.3) is 0 Å². The summed E-state index contributed by atoms with van der Waals surface area (Å²) in [7, 11) is 0. The molecule has 0 saturated heterocycles. The molecule has 0 unspecified atom stereocenters. The van der Waals surface area contributed by atoms with Crippen LogP contribution in [0.2, 0.25) is 0 Å². The lowest BCUT2D eigenvalue weighted by Gasteiger charge is -2.23. The van der Waals surface area contributed by atoms with Crippen LogP contribution in [0, 0.1) is 20.4 Å². The largest absolute Gasteiger partial charge is 0.416 e. The molecule has 0 spiro atoms. The Balaban J connectivity index is 1.65. The van der Waals surface area contributed by atoms with E-state index in [2.05, 4.69) is 4.85 Å². The van der Waals surface area contributed by atoms with Crippen LogP contribution in [-0.2, 0) is 12.4 Å². The van der Waals surface area contributed by atoms with Crippen LogP contribution >= 0.6 is 0 Å². The van der Waals surface area contributed by atoms with Crippen LogP contribution in [0.3, 0.4) is 0 Å². The van der Waals surface area contributed by atoms with Crippen molar-refractivity contribution in [1.82, 2.24) is 9.13 Å². The molecule has 0 aliphatic carbocycles. The summed E-state index contributed by atoms with van der Waals surface area (Å²) in [5.41, 5.74) is 1.98. The Hall–Kier alpha value is -6.01. The highest BCUT2D eigenvalue weighted by Crippen LogP contribution is 2.47. The zero-order chi connectivity index (χ0) is 35.1. The van der Waals surface area contributed by atoms with Crippen LogP contribution < -0.4 is 0 Å². The molecule has 50 heavy (non-hydrogen) atoms. The van der Waals surface area contributed by atoms with Crippen molar-refractivity contribution in [2.45, 2.75) is 26.2 Å². The lowest BCUT2D eigenvalue weighted by atomic mass is 9.95. The Morgan fingerprint density at radius 2 is 0.940 bits per heavy atom. The first-order chi connectivity index (χ1) is 23.8. The molecule has 0 atom stereocenters. The Labute approximate surface area is 282 Å². The molecule has 8 aromatic rings. The van der Waals surface area contributed by atoms with E-state index in [0.29, 0.717) is 22.1 Å². The first kappa shape index (κ1) is 31.3. The van der Waals surface area contributed by atoms with Crippen LogP contribution in [0.15, 0.2) is 115 Å². The van der Waals surface area contributed by atoms with Crippen LogP contribution in [0.1, 0.15) is 22.3 Å². The van der Waals surface area contributed by atoms with Crippen LogP contribution in [0.25, 0.3) is 71.0 Å². The highest BCUT2D eigenvalue weighted by Gasteiger charge is 2.36. The average molecular weight is 674 g/mol. The molecule has 3 nitrogen and oxygen atoms in total. The smallest absolute Gasteiger partial charge is 0.309 e. The number of para-hydroxylation sites is 2. The lowest BCUT2D eigenvalue weighted by molar-refractivity contribution is -0.138. The van der Waals surface area contributed by atoms with E-state index in [4.69, 9.17) is 6.57 Å². The second-order valence-electron chi connectivity index (χ2n) is 12.5. The molecule has 2 aromatic heterocycles. The summed E-state index contributed by atoms with van der Waals surface area (Å²) >= 11 is 0. The zero-order valence-corrected chi connectivity index (χ0v) is 26.6. The number of benzene rings is 6. The first-order valence-corrected chi connectivity index (χ1v) is 15.7. The van der Waals surface area contributed by atoms with Gasteiger partial charge in [-0.2, -0.15) is 26.3 Å². The minimum Gasteiger partial charge on any atom is -0.309 e. The third-order valence-corrected chi connectivity index (χ3v) is 9.22. The molecule has 0 aliphatic rings. The first-order valence-electron chi connectivity index (χ1n) is 15.7. The third-order valence-electron chi connectivity index (χ3n) is 9.22. The fraction of sp³-hybridized carbons (Fsp3) is 0.0976. The molecule has 0 saturated carbocycles. The summed E-state index contributed by atoms with van der Waals surface area (Å²) in [5.74, 6) is 0. The second-order valence-corrected chi connectivity index (χ2v) is 12.5. The fourth-order valence-corrected chi connectivity index (χ4v) is 7.10. The van der Waals surface area contributed by atoms with Crippen molar-refractivity contribution < 1.29 is 26.3 Å². The molecule has 0 radical (unpaired) electrons. The quantitative estimate of drug-likeness (QED) is 0.131. The van der Waals surface area contributed by atoms with Gasteiger partial charge in [-0.3, -0.25) is 0 Å². The van der Waals surface area contributed by atoms with Gasteiger partial charge in [0.05, 0.1) is 45.6 Å². The third kappa shape index (κ3) is 4.90. The molecule has 0 aliphatic heterocycles. The van der Waals surface area contributed by atoms with Gasteiger partial charge in [-0.1, -0.05) is 59.7 Å². The van der Waals surface area contributed by atoms with Gasteiger partial charge in [-0.05, 0) is 86.1 Å². The number of rotatable bonds is 3. The summed E-state index contributed by atoms with van der Waals surface area (Å²) in [6.45, 7) is 11.5. The highest BCUT2D eigenvalue weighted by atomic mass is 19.4. The Bertz CT molecular complexity index is 2580. The number of alkyl halides is 6. The van der Waals surface area contributed by atoms with Crippen molar-refractivity contribution in [3.8, 4) is 22.5 Å². The molecule has 0 amide bonds. The Morgan fingerprint density at radius 1 is 0.500 bits per heavy atom. The highest BCUT2D eigenvalue weighted by molar-refractivity contribution is 6.12. The van der Waals surface area contributed by atoms with E-state index in [1.807, 2.05) is 74.5 Å². The predicted octanol–water partition coefficient (Wildman–Crippen LogP) is 12.8. The summed E-state index contributed by atoms with van der Waals surface area (Å²) < 4.78 is 91.8. The fourth-order valence-electron chi connectivity index (χ4n) is 7.10. The number of nitrogens with zero attached hydrogens (tertiary/aromatic N) is 3. The zero-order valence-electron chi connectivity index (χ0n) is 26.6. The van der Waals surface area contributed by atoms with E-state index >= 15 is 13.2 Å². The minimum absolute atomic E-state index is 0.0261. The van der Waals surface area contributed by atoms with Gasteiger partial charge in [-0.25, -0.2) is 4.85 Å². The lowest BCUT2D eigenvalue weighted by Crippen LogP contribution is -2.11. The van der Waals surface area contributed by atoms with Crippen molar-refractivity contribution in [1.29, 1.82) is 0 Å². The van der Waals surface area contributed by atoms with Crippen LogP contribution in [0.4, 0.5) is 32.0 Å². The van der Waals surface area contributed by atoms with Gasteiger partial charge in [0.15, 0.2) is 5.69 Å². The standard InChI is InChI=1S/C41H25F6N3/c1-23-12-14-35-31(16-23)29-8-4-6-10-33(29)49(35)37-21-27(41(45,46)47)22-38(39(37)25-18-26(40(42,43)44)20-28(19-25)48-3)50-34-11-7-5-9-30(34)32-17-24(2)13-15-36(32)50/h4-22H,1-2H3. The maximum Gasteiger partial charge on any atom is 0.416 e.